The lowest BCUT2D eigenvalue weighted by molar-refractivity contribution is 0.0556. The summed E-state index contributed by atoms with van der Waals surface area (Å²) in [5, 5.41) is 10.4. The van der Waals surface area contributed by atoms with E-state index in [2.05, 4.69) is 4.98 Å². The van der Waals surface area contributed by atoms with Gasteiger partial charge in [0.2, 0.25) is 0 Å². The van der Waals surface area contributed by atoms with Crippen LogP contribution in [0.4, 0.5) is 0 Å². The zero-order valence-corrected chi connectivity index (χ0v) is 14.4. The molecule has 2 unspecified atom stereocenters. The maximum Gasteiger partial charge on any atom is 0.260 e. The van der Waals surface area contributed by atoms with Crippen LogP contribution in [0.15, 0.2) is 39.7 Å². The van der Waals surface area contributed by atoms with Crippen LogP contribution in [-0.4, -0.2) is 33.5 Å². The van der Waals surface area contributed by atoms with Gasteiger partial charge in [-0.1, -0.05) is 12.8 Å². The third kappa shape index (κ3) is 4.02. The van der Waals surface area contributed by atoms with Gasteiger partial charge in [-0.2, -0.15) is 0 Å². The molecule has 0 spiro atoms. The van der Waals surface area contributed by atoms with E-state index in [-0.39, 0.29) is 23.1 Å². The molecule has 1 fully saturated rings. The lowest BCUT2D eigenvalue weighted by Crippen LogP contribution is -2.42. The highest BCUT2D eigenvalue weighted by molar-refractivity contribution is 5.94. The number of likely N-dealkylation sites (tertiary alicyclic amines) is 1. The number of nitrogens with one attached hydrogen (secondary N) is 1. The molecule has 0 saturated carbocycles. The molecule has 2 N–H and O–H groups in total. The number of furan rings is 1. The Morgan fingerprint density at radius 3 is 2.92 bits per heavy atom. The van der Waals surface area contributed by atoms with Crippen molar-refractivity contribution in [2.45, 2.75) is 51.2 Å². The third-order valence-corrected chi connectivity index (χ3v) is 4.79. The lowest BCUT2D eigenvalue weighted by Gasteiger charge is -2.31. The van der Waals surface area contributed by atoms with E-state index in [0.717, 1.165) is 31.4 Å². The molecule has 1 amide bonds. The van der Waals surface area contributed by atoms with Crippen LogP contribution in [0.5, 0.6) is 0 Å². The summed E-state index contributed by atoms with van der Waals surface area (Å²) in [5.41, 5.74) is 0.520. The second-order valence-corrected chi connectivity index (χ2v) is 6.65. The number of amides is 1. The minimum atomic E-state index is -0.760. The lowest BCUT2D eigenvalue weighted by atomic mass is 10.0. The highest BCUT2D eigenvalue weighted by atomic mass is 16.4. The molecule has 6 nitrogen and oxygen atoms in total. The maximum atomic E-state index is 13.0. The van der Waals surface area contributed by atoms with Crippen LogP contribution in [0, 0.1) is 6.92 Å². The number of aryl methyl sites for hydroxylation is 1. The van der Waals surface area contributed by atoms with Crippen molar-refractivity contribution in [3.63, 3.8) is 0 Å². The van der Waals surface area contributed by atoms with Crippen molar-refractivity contribution in [1.82, 2.24) is 9.88 Å². The van der Waals surface area contributed by atoms with E-state index in [0.29, 0.717) is 18.7 Å². The van der Waals surface area contributed by atoms with Gasteiger partial charge in [-0.05, 0) is 44.0 Å². The third-order valence-electron chi connectivity index (χ3n) is 4.79. The minimum Gasteiger partial charge on any atom is -0.467 e. The van der Waals surface area contributed by atoms with Crippen LogP contribution in [0.1, 0.15) is 60.0 Å². The van der Waals surface area contributed by atoms with Crippen LogP contribution in [0.25, 0.3) is 0 Å². The molecule has 2 aromatic rings. The number of nitrogens with zero attached hydrogens (tertiary/aromatic N) is 1. The van der Waals surface area contributed by atoms with Crippen LogP contribution in [0.2, 0.25) is 0 Å². The van der Waals surface area contributed by atoms with Crippen LogP contribution >= 0.6 is 0 Å². The molecule has 6 heteroatoms. The first-order chi connectivity index (χ1) is 12.1. The number of aliphatic hydroxyl groups is 1. The Labute approximate surface area is 146 Å². The summed E-state index contributed by atoms with van der Waals surface area (Å²) in [4.78, 5) is 29.6. The zero-order chi connectivity index (χ0) is 17.8. The summed E-state index contributed by atoms with van der Waals surface area (Å²) in [6.07, 6.45) is 4.94. The molecular formula is C19H24N2O4. The fraction of sp³-hybridized carbons (Fsp3) is 0.474. The van der Waals surface area contributed by atoms with E-state index in [1.807, 2.05) is 0 Å². The fourth-order valence-electron chi connectivity index (χ4n) is 3.44. The summed E-state index contributed by atoms with van der Waals surface area (Å²) in [7, 11) is 0. The summed E-state index contributed by atoms with van der Waals surface area (Å²) < 4.78 is 5.27. The quantitative estimate of drug-likeness (QED) is 0.893. The van der Waals surface area contributed by atoms with Crippen molar-refractivity contribution in [3.8, 4) is 0 Å². The van der Waals surface area contributed by atoms with E-state index in [1.165, 1.54) is 6.26 Å². The molecule has 0 aromatic carbocycles. The molecule has 1 saturated heterocycles. The molecule has 2 atom stereocenters. The minimum absolute atomic E-state index is 0.115. The van der Waals surface area contributed by atoms with Crippen molar-refractivity contribution >= 4 is 5.91 Å². The van der Waals surface area contributed by atoms with Gasteiger partial charge in [-0.15, -0.1) is 0 Å². The second kappa shape index (κ2) is 7.70. The zero-order valence-electron chi connectivity index (χ0n) is 14.4. The number of carbonyl (C=O) groups excluding carboxylic acids is 1. The number of H-pyrrole nitrogens is 1. The van der Waals surface area contributed by atoms with Gasteiger partial charge in [-0.25, -0.2) is 0 Å². The number of aromatic amines is 1. The molecule has 0 aliphatic carbocycles. The molecule has 1 aliphatic rings. The predicted octanol–water partition coefficient (Wildman–Crippen LogP) is 2.78. The molecule has 3 rings (SSSR count). The van der Waals surface area contributed by atoms with Crippen molar-refractivity contribution in [3.05, 3.63) is 57.9 Å². The Morgan fingerprint density at radius 1 is 1.36 bits per heavy atom. The van der Waals surface area contributed by atoms with Gasteiger partial charge < -0.3 is 19.4 Å². The molecule has 3 heterocycles. The monoisotopic (exact) mass is 344 g/mol. The van der Waals surface area contributed by atoms with Crippen molar-refractivity contribution in [2.75, 3.05) is 6.54 Å². The van der Waals surface area contributed by atoms with E-state index in [1.54, 1.807) is 36.1 Å². The fourth-order valence-corrected chi connectivity index (χ4v) is 3.44. The van der Waals surface area contributed by atoms with Gasteiger partial charge in [0.1, 0.15) is 17.4 Å². The van der Waals surface area contributed by atoms with Crippen LogP contribution in [-0.2, 0) is 0 Å². The number of hydrogen-bond donors (Lipinski definition) is 2. The Bertz CT molecular complexity index is 766. The van der Waals surface area contributed by atoms with E-state index < -0.39 is 6.10 Å². The van der Waals surface area contributed by atoms with Crippen molar-refractivity contribution in [2.24, 2.45) is 0 Å². The molecule has 1 aliphatic heterocycles. The molecule has 25 heavy (non-hydrogen) atoms. The predicted molar refractivity (Wildman–Crippen MR) is 93.4 cm³/mol. The average Bonchev–Trinajstić information content (AvgIpc) is 3.02. The normalized spacial score (nSPS) is 19.4. The highest BCUT2D eigenvalue weighted by Gasteiger charge is 2.30. The first-order valence-electron chi connectivity index (χ1n) is 8.78. The molecular weight excluding hydrogens is 320 g/mol. The van der Waals surface area contributed by atoms with Crippen LogP contribution in [0.3, 0.4) is 0 Å². The molecule has 134 valence electrons. The smallest absolute Gasteiger partial charge is 0.260 e. The van der Waals surface area contributed by atoms with Crippen LogP contribution < -0.4 is 5.56 Å². The van der Waals surface area contributed by atoms with Gasteiger partial charge >= 0.3 is 0 Å². The summed E-state index contributed by atoms with van der Waals surface area (Å²) in [5.74, 6) is 0.240. The average molecular weight is 344 g/mol. The van der Waals surface area contributed by atoms with Gasteiger partial charge in [0.15, 0.2) is 0 Å². The SMILES string of the molecule is Cc1ccc(C(=O)N2CCCCCC2CC(O)c2ccco2)c(=O)[nH]1. The highest BCUT2D eigenvalue weighted by Crippen LogP contribution is 2.27. The standard InChI is InChI=1S/C19H24N2O4/c1-13-8-9-15(18(23)20-13)19(24)21-10-4-2-3-6-14(21)12-16(22)17-7-5-11-25-17/h5,7-9,11,14,16,22H,2-4,6,10,12H2,1H3,(H,20,23). The van der Waals surface area contributed by atoms with E-state index in [4.69, 9.17) is 4.42 Å². The second-order valence-electron chi connectivity index (χ2n) is 6.65. The number of carbonyl (C=O) groups is 1. The maximum absolute atomic E-state index is 13.0. The number of hydrogen-bond acceptors (Lipinski definition) is 4. The van der Waals surface area contributed by atoms with Gasteiger partial charge in [0.25, 0.3) is 11.5 Å². The summed E-state index contributed by atoms with van der Waals surface area (Å²) in [6, 6.07) is 6.68. The van der Waals surface area contributed by atoms with Gasteiger partial charge in [-0.3, -0.25) is 9.59 Å². The number of pyridine rings is 1. The Kier molecular flexibility index (Phi) is 5.38. The first-order valence-corrected chi connectivity index (χ1v) is 8.78. The number of aromatic nitrogens is 1. The largest absolute Gasteiger partial charge is 0.467 e. The Balaban J connectivity index is 1.82. The Hall–Kier alpha value is -2.34. The topological polar surface area (TPSA) is 86.5 Å². The molecule has 0 radical (unpaired) electrons. The van der Waals surface area contributed by atoms with Gasteiger partial charge in [0, 0.05) is 24.7 Å². The molecule has 0 bridgehead atoms. The van der Waals surface area contributed by atoms with Gasteiger partial charge in [0.05, 0.1) is 6.26 Å². The van der Waals surface area contributed by atoms with E-state index >= 15 is 0 Å². The first kappa shape index (κ1) is 17.5. The number of rotatable bonds is 4. The van der Waals surface area contributed by atoms with E-state index in [9.17, 15) is 14.7 Å². The summed E-state index contributed by atoms with van der Waals surface area (Å²) >= 11 is 0. The molecule has 2 aromatic heterocycles. The van der Waals surface area contributed by atoms with Crippen molar-refractivity contribution in [1.29, 1.82) is 0 Å². The Morgan fingerprint density at radius 2 is 2.20 bits per heavy atom. The van der Waals surface area contributed by atoms with Crippen molar-refractivity contribution < 1.29 is 14.3 Å². The summed E-state index contributed by atoms with van der Waals surface area (Å²) in [6.45, 7) is 2.38. The number of aliphatic hydroxyl groups excluding tert-OH is 1.